The zero-order valence-electron chi connectivity index (χ0n) is 8.88. The topological polar surface area (TPSA) is 24.9 Å². The maximum absolute atomic E-state index is 12.7. The second-order valence-electron chi connectivity index (χ2n) is 4.22. The van der Waals surface area contributed by atoms with Gasteiger partial charge in [0.2, 0.25) is 0 Å². The van der Waals surface area contributed by atoms with Crippen LogP contribution in [0.5, 0.6) is 0 Å². The Labute approximate surface area is 91.9 Å². The van der Waals surface area contributed by atoms with Crippen LogP contribution in [0.25, 0.3) is 0 Å². The third-order valence-corrected chi connectivity index (χ3v) is 2.66. The van der Waals surface area contributed by atoms with Crippen molar-refractivity contribution in [1.82, 2.24) is 4.98 Å². The largest absolute Gasteiger partial charge is 0.408 e. The first-order valence-corrected chi connectivity index (χ1v) is 5.23. The van der Waals surface area contributed by atoms with Gasteiger partial charge in [0, 0.05) is 6.20 Å². The van der Waals surface area contributed by atoms with Crippen LogP contribution in [0.3, 0.4) is 0 Å². The molecule has 1 heterocycles. The molecule has 5 heteroatoms. The number of halogens is 3. The van der Waals surface area contributed by atoms with E-state index in [1.54, 1.807) is 12.1 Å². The summed E-state index contributed by atoms with van der Waals surface area (Å²) in [5.41, 5.74) is 0.897. The van der Waals surface area contributed by atoms with E-state index >= 15 is 0 Å². The van der Waals surface area contributed by atoms with Crippen LogP contribution in [0.1, 0.15) is 18.4 Å². The molecule has 1 saturated carbocycles. The molecule has 0 radical (unpaired) electrons. The van der Waals surface area contributed by atoms with Crippen molar-refractivity contribution < 1.29 is 13.2 Å². The maximum Gasteiger partial charge on any atom is 0.408 e. The molecular formula is C11H13F3N2. The minimum Gasteiger partial charge on any atom is -0.358 e. The molecule has 1 atom stereocenters. The summed E-state index contributed by atoms with van der Waals surface area (Å²) in [6.07, 6.45) is -1.41. The lowest BCUT2D eigenvalue weighted by Gasteiger charge is -2.21. The van der Waals surface area contributed by atoms with Gasteiger partial charge in [-0.3, -0.25) is 0 Å². The fraction of sp³-hybridized carbons (Fsp3) is 0.545. The molecule has 1 aromatic heterocycles. The zero-order chi connectivity index (χ0) is 11.8. The molecular weight excluding hydrogens is 217 g/mol. The van der Waals surface area contributed by atoms with Crippen LogP contribution < -0.4 is 5.32 Å². The molecule has 1 aliphatic rings. The molecule has 0 unspecified atom stereocenters. The summed E-state index contributed by atoms with van der Waals surface area (Å²) < 4.78 is 38.1. The molecule has 16 heavy (non-hydrogen) atoms. The van der Waals surface area contributed by atoms with Crippen LogP contribution in [0.2, 0.25) is 0 Å². The molecule has 1 fully saturated rings. The van der Waals surface area contributed by atoms with Gasteiger partial charge in [-0.15, -0.1) is 0 Å². The SMILES string of the molecule is Cc1ccnc(N[C@@H](C2CC2)C(F)(F)F)c1. The van der Waals surface area contributed by atoms with E-state index in [-0.39, 0.29) is 5.92 Å². The van der Waals surface area contributed by atoms with E-state index in [2.05, 4.69) is 10.3 Å². The summed E-state index contributed by atoms with van der Waals surface area (Å²) in [5.74, 6) is 0.0107. The van der Waals surface area contributed by atoms with Gasteiger partial charge in [-0.1, -0.05) is 0 Å². The van der Waals surface area contributed by atoms with Crippen molar-refractivity contribution in [2.75, 3.05) is 5.32 Å². The summed E-state index contributed by atoms with van der Waals surface area (Å²) in [4.78, 5) is 3.89. The van der Waals surface area contributed by atoms with E-state index in [0.29, 0.717) is 18.7 Å². The number of aryl methyl sites for hydroxylation is 1. The van der Waals surface area contributed by atoms with Crippen molar-refractivity contribution in [2.24, 2.45) is 5.92 Å². The van der Waals surface area contributed by atoms with Crippen LogP contribution >= 0.6 is 0 Å². The Morgan fingerprint density at radius 2 is 2.12 bits per heavy atom. The lowest BCUT2D eigenvalue weighted by Crippen LogP contribution is -2.38. The predicted octanol–water partition coefficient (Wildman–Crippen LogP) is 3.14. The van der Waals surface area contributed by atoms with Crippen LogP contribution in [0, 0.1) is 12.8 Å². The monoisotopic (exact) mass is 230 g/mol. The van der Waals surface area contributed by atoms with Gasteiger partial charge in [0.05, 0.1) is 0 Å². The van der Waals surface area contributed by atoms with Crippen molar-refractivity contribution in [3.8, 4) is 0 Å². The number of alkyl halides is 3. The third-order valence-electron chi connectivity index (χ3n) is 2.66. The Hall–Kier alpha value is -1.26. The van der Waals surface area contributed by atoms with E-state index in [1.165, 1.54) is 6.20 Å². The summed E-state index contributed by atoms with van der Waals surface area (Å²) >= 11 is 0. The number of anilines is 1. The molecule has 0 aliphatic heterocycles. The second-order valence-corrected chi connectivity index (χ2v) is 4.22. The van der Waals surface area contributed by atoms with E-state index < -0.39 is 12.2 Å². The highest BCUT2D eigenvalue weighted by Crippen LogP contribution is 2.41. The zero-order valence-corrected chi connectivity index (χ0v) is 8.88. The molecule has 0 saturated heterocycles. The van der Waals surface area contributed by atoms with Crippen LogP contribution in [-0.4, -0.2) is 17.2 Å². The molecule has 2 rings (SSSR count). The standard InChI is InChI=1S/C11H13F3N2/c1-7-4-5-15-9(6-7)16-10(8-2-3-8)11(12,13)14/h4-6,8,10H,2-3H2,1H3,(H,15,16)/t10-/m0/s1. The number of hydrogen-bond acceptors (Lipinski definition) is 2. The van der Waals surface area contributed by atoms with Crippen LogP contribution in [-0.2, 0) is 0 Å². The third kappa shape index (κ3) is 2.65. The highest BCUT2D eigenvalue weighted by atomic mass is 19.4. The molecule has 0 bridgehead atoms. The van der Waals surface area contributed by atoms with Gasteiger partial charge in [-0.05, 0) is 43.4 Å². The fourth-order valence-electron chi connectivity index (χ4n) is 1.67. The summed E-state index contributed by atoms with van der Waals surface area (Å²) in [6, 6.07) is 1.92. The molecule has 0 amide bonds. The second kappa shape index (κ2) is 3.96. The fourth-order valence-corrected chi connectivity index (χ4v) is 1.67. The number of aromatic nitrogens is 1. The molecule has 88 valence electrons. The van der Waals surface area contributed by atoms with E-state index in [9.17, 15) is 13.2 Å². The molecule has 0 aromatic carbocycles. The van der Waals surface area contributed by atoms with Gasteiger partial charge in [-0.2, -0.15) is 13.2 Å². The molecule has 1 aromatic rings. The summed E-state index contributed by atoms with van der Waals surface area (Å²) in [5, 5.41) is 2.49. The van der Waals surface area contributed by atoms with Crippen molar-refractivity contribution in [1.29, 1.82) is 0 Å². The highest BCUT2D eigenvalue weighted by Gasteiger charge is 2.49. The van der Waals surface area contributed by atoms with E-state index in [4.69, 9.17) is 0 Å². The Morgan fingerprint density at radius 3 is 2.62 bits per heavy atom. The van der Waals surface area contributed by atoms with Crippen LogP contribution in [0.15, 0.2) is 18.3 Å². The Kier molecular flexibility index (Phi) is 2.78. The predicted molar refractivity (Wildman–Crippen MR) is 55.2 cm³/mol. The van der Waals surface area contributed by atoms with Crippen molar-refractivity contribution in [3.63, 3.8) is 0 Å². The average molecular weight is 230 g/mol. The maximum atomic E-state index is 12.7. The van der Waals surface area contributed by atoms with Gasteiger partial charge in [0.15, 0.2) is 0 Å². The van der Waals surface area contributed by atoms with E-state index in [0.717, 1.165) is 5.56 Å². The number of nitrogens with one attached hydrogen (secondary N) is 1. The molecule has 2 nitrogen and oxygen atoms in total. The highest BCUT2D eigenvalue weighted by molar-refractivity contribution is 5.39. The van der Waals surface area contributed by atoms with Gasteiger partial charge in [0.1, 0.15) is 11.9 Å². The minimum absolute atomic E-state index is 0.290. The number of hydrogen-bond donors (Lipinski definition) is 1. The molecule has 0 spiro atoms. The lowest BCUT2D eigenvalue weighted by atomic mass is 10.1. The van der Waals surface area contributed by atoms with Gasteiger partial charge >= 0.3 is 6.18 Å². The molecule has 1 N–H and O–H groups in total. The minimum atomic E-state index is -4.20. The van der Waals surface area contributed by atoms with Gasteiger partial charge in [0.25, 0.3) is 0 Å². The van der Waals surface area contributed by atoms with Crippen molar-refractivity contribution in [2.45, 2.75) is 32.0 Å². The van der Waals surface area contributed by atoms with Gasteiger partial charge in [-0.25, -0.2) is 4.98 Å². The number of nitrogens with zero attached hydrogens (tertiary/aromatic N) is 1. The van der Waals surface area contributed by atoms with Crippen molar-refractivity contribution >= 4 is 5.82 Å². The summed E-state index contributed by atoms with van der Waals surface area (Å²) in [7, 11) is 0. The Bertz CT molecular complexity index is 372. The van der Waals surface area contributed by atoms with E-state index in [1.807, 2.05) is 6.92 Å². The van der Waals surface area contributed by atoms with Gasteiger partial charge < -0.3 is 5.32 Å². The Morgan fingerprint density at radius 1 is 1.44 bits per heavy atom. The first-order chi connectivity index (χ1) is 7.47. The quantitative estimate of drug-likeness (QED) is 0.862. The Balaban J connectivity index is 2.11. The first-order valence-electron chi connectivity index (χ1n) is 5.23. The van der Waals surface area contributed by atoms with Crippen LogP contribution in [0.4, 0.5) is 19.0 Å². The first kappa shape index (κ1) is 11.2. The smallest absolute Gasteiger partial charge is 0.358 e. The summed E-state index contributed by atoms with van der Waals surface area (Å²) in [6.45, 7) is 1.83. The lowest BCUT2D eigenvalue weighted by molar-refractivity contribution is -0.146. The number of pyridine rings is 1. The normalized spacial score (nSPS) is 18.2. The molecule has 1 aliphatic carbocycles. The number of rotatable bonds is 3. The van der Waals surface area contributed by atoms with Crippen molar-refractivity contribution in [3.05, 3.63) is 23.9 Å². The average Bonchev–Trinajstić information content (AvgIpc) is 2.95.